The highest BCUT2D eigenvalue weighted by Gasteiger charge is 2.27. The van der Waals surface area contributed by atoms with Crippen molar-refractivity contribution >= 4 is 17.4 Å². The number of methoxy groups -OCH3 is 1. The highest BCUT2D eigenvalue weighted by Crippen LogP contribution is 2.23. The minimum atomic E-state index is -0.259. The standard InChI is InChI=1S/C14H24N4O3S/c1-14(2,6-10-4-5-21-8-10)16-13(19)15-7-11-17-18-12(22-11)9-20-3/h10H,4-9H2,1-3H3,(H2,15,16,19). The van der Waals surface area contributed by atoms with E-state index < -0.39 is 0 Å². The van der Waals surface area contributed by atoms with Crippen LogP contribution in [-0.4, -0.2) is 42.1 Å². The molecule has 2 heterocycles. The van der Waals surface area contributed by atoms with Crippen LogP contribution in [0.4, 0.5) is 4.79 Å². The van der Waals surface area contributed by atoms with Crippen LogP contribution < -0.4 is 10.6 Å². The highest BCUT2D eigenvalue weighted by molar-refractivity contribution is 7.11. The first-order chi connectivity index (χ1) is 10.5. The SMILES string of the molecule is COCc1nnc(CNC(=O)NC(C)(C)CC2CCOC2)s1. The normalized spacial score (nSPS) is 18.4. The summed E-state index contributed by atoms with van der Waals surface area (Å²) < 4.78 is 10.4. The van der Waals surface area contributed by atoms with E-state index in [1.807, 2.05) is 13.8 Å². The van der Waals surface area contributed by atoms with Crippen LogP contribution in [0.15, 0.2) is 0 Å². The molecule has 7 nitrogen and oxygen atoms in total. The van der Waals surface area contributed by atoms with Crippen LogP contribution in [0.3, 0.4) is 0 Å². The lowest BCUT2D eigenvalue weighted by molar-refractivity contribution is 0.175. The highest BCUT2D eigenvalue weighted by atomic mass is 32.1. The van der Waals surface area contributed by atoms with Crippen LogP contribution in [0.2, 0.25) is 0 Å². The van der Waals surface area contributed by atoms with E-state index in [2.05, 4.69) is 20.8 Å². The van der Waals surface area contributed by atoms with Gasteiger partial charge in [-0.15, -0.1) is 10.2 Å². The Labute approximate surface area is 134 Å². The van der Waals surface area contributed by atoms with Crippen LogP contribution >= 0.6 is 11.3 Å². The number of hydrogen-bond donors (Lipinski definition) is 2. The van der Waals surface area contributed by atoms with Crippen molar-refractivity contribution in [2.45, 2.75) is 45.4 Å². The topological polar surface area (TPSA) is 85.4 Å². The Morgan fingerprint density at radius 2 is 2.23 bits per heavy atom. The molecule has 1 aromatic heterocycles. The van der Waals surface area contributed by atoms with Gasteiger partial charge in [-0.2, -0.15) is 0 Å². The monoisotopic (exact) mass is 328 g/mol. The molecule has 0 aromatic carbocycles. The van der Waals surface area contributed by atoms with Gasteiger partial charge in [0.25, 0.3) is 0 Å². The number of ether oxygens (including phenoxy) is 2. The summed E-state index contributed by atoms with van der Waals surface area (Å²) in [6, 6.07) is -0.188. The summed E-state index contributed by atoms with van der Waals surface area (Å²) in [6.07, 6.45) is 1.98. The molecule has 1 aliphatic heterocycles. The van der Waals surface area contributed by atoms with E-state index in [-0.39, 0.29) is 11.6 Å². The average Bonchev–Trinajstić information content (AvgIpc) is 3.07. The molecule has 1 aliphatic rings. The summed E-state index contributed by atoms with van der Waals surface area (Å²) >= 11 is 1.44. The first-order valence-electron chi connectivity index (χ1n) is 7.42. The maximum absolute atomic E-state index is 12.0. The van der Waals surface area contributed by atoms with E-state index in [0.717, 1.165) is 36.1 Å². The number of carbonyl (C=O) groups excluding carboxylic acids is 1. The van der Waals surface area contributed by atoms with E-state index in [1.54, 1.807) is 7.11 Å². The Morgan fingerprint density at radius 3 is 2.91 bits per heavy atom. The van der Waals surface area contributed by atoms with E-state index in [1.165, 1.54) is 11.3 Å². The zero-order chi connectivity index (χ0) is 16.0. The largest absolute Gasteiger partial charge is 0.381 e. The van der Waals surface area contributed by atoms with Gasteiger partial charge in [-0.1, -0.05) is 11.3 Å². The smallest absolute Gasteiger partial charge is 0.315 e. The molecule has 1 fully saturated rings. The van der Waals surface area contributed by atoms with E-state index >= 15 is 0 Å². The predicted molar refractivity (Wildman–Crippen MR) is 83.6 cm³/mol. The Morgan fingerprint density at radius 1 is 1.45 bits per heavy atom. The third-order valence-corrected chi connectivity index (χ3v) is 4.35. The zero-order valence-electron chi connectivity index (χ0n) is 13.3. The van der Waals surface area contributed by atoms with Crippen LogP contribution in [0.5, 0.6) is 0 Å². The van der Waals surface area contributed by atoms with Crippen LogP contribution in [0.25, 0.3) is 0 Å². The molecule has 1 atom stereocenters. The number of amides is 2. The van der Waals surface area contributed by atoms with Crippen LogP contribution in [-0.2, 0) is 22.6 Å². The number of hydrogen-bond acceptors (Lipinski definition) is 6. The summed E-state index contributed by atoms with van der Waals surface area (Å²) in [5, 5.41) is 15.4. The van der Waals surface area contributed by atoms with Gasteiger partial charge in [0.05, 0.1) is 13.2 Å². The van der Waals surface area contributed by atoms with Crippen molar-refractivity contribution in [3.8, 4) is 0 Å². The Hall–Kier alpha value is -1.25. The lowest BCUT2D eigenvalue weighted by Crippen LogP contribution is -2.49. The Balaban J connectivity index is 1.73. The van der Waals surface area contributed by atoms with E-state index in [4.69, 9.17) is 9.47 Å². The van der Waals surface area contributed by atoms with Crippen molar-refractivity contribution in [2.24, 2.45) is 5.92 Å². The molecule has 1 saturated heterocycles. The number of nitrogens with one attached hydrogen (secondary N) is 2. The number of urea groups is 1. The molecule has 1 unspecified atom stereocenters. The van der Waals surface area contributed by atoms with Crippen molar-refractivity contribution in [1.82, 2.24) is 20.8 Å². The first-order valence-corrected chi connectivity index (χ1v) is 8.24. The summed E-state index contributed by atoms with van der Waals surface area (Å²) in [5.74, 6) is 0.523. The van der Waals surface area contributed by atoms with Crippen molar-refractivity contribution in [2.75, 3.05) is 20.3 Å². The fraction of sp³-hybridized carbons (Fsp3) is 0.786. The van der Waals surface area contributed by atoms with Gasteiger partial charge in [-0.05, 0) is 32.6 Å². The molecule has 0 radical (unpaired) electrons. The molecular weight excluding hydrogens is 304 g/mol. The van der Waals surface area contributed by atoms with Gasteiger partial charge in [0.2, 0.25) is 0 Å². The number of nitrogens with zero attached hydrogens (tertiary/aromatic N) is 2. The molecule has 2 rings (SSSR count). The van der Waals surface area contributed by atoms with E-state index in [0.29, 0.717) is 19.1 Å². The van der Waals surface area contributed by atoms with Crippen molar-refractivity contribution in [3.05, 3.63) is 10.0 Å². The summed E-state index contributed by atoms with van der Waals surface area (Å²) in [6.45, 7) is 6.50. The van der Waals surface area contributed by atoms with Gasteiger partial charge in [-0.25, -0.2) is 4.79 Å². The quantitative estimate of drug-likeness (QED) is 0.795. The molecule has 2 amide bonds. The maximum Gasteiger partial charge on any atom is 0.315 e. The molecular formula is C14H24N4O3S. The Bertz CT molecular complexity index is 486. The third-order valence-electron chi connectivity index (χ3n) is 3.45. The second kappa shape index (κ2) is 7.85. The fourth-order valence-corrected chi connectivity index (χ4v) is 3.32. The fourth-order valence-electron chi connectivity index (χ4n) is 2.57. The molecule has 0 bridgehead atoms. The second-order valence-corrected chi connectivity index (χ2v) is 7.29. The van der Waals surface area contributed by atoms with Crippen molar-refractivity contribution in [1.29, 1.82) is 0 Å². The molecule has 1 aromatic rings. The molecule has 124 valence electrons. The van der Waals surface area contributed by atoms with Gasteiger partial charge in [0.1, 0.15) is 10.0 Å². The number of carbonyl (C=O) groups is 1. The summed E-state index contributed by atoms with van der Waals surface area (Å²) in [5.41, 5.74) is -0.259. The van der Waals surface area contributed by atoms with Crippen molar-refractivity contribution < 1.29 is 14.3 Å². The average molecular weight is 328 g/mol. The summed E-state index contributed by atoms with van der Waals surface area (Å²) in [7, 11) is 1.62. The van der Waals surface area contributed by atoms with Gasteiger partial charge in [-0.3, -0.25) is 0 Å². The van der Waals surface area contributed by atoms with Gasteiger partial charge >= 0.3 is 6.03 Å². The van der Waals surface area contributed by atoms with Gasteiger partial charge in [0.15, 0.2) is 0 Å². The van der Waals surface area contributed by atoms with E-state index in [9.17, 15) is 4.79 Å². The minimum absolute atomic E-state index is 0.188. The number of aromatic nitrogens is 2. The molecule has 0 aliphatic carbocycles. The molecule has 0 saturated carbocycles. The molecule has 8 heteroatoms. The maximum atomic E-state index is 12.0. The third kappa shape index (κ3) is 5.51. The predicted octanol–water partition coefficient (Wildman–Crippen LogP) is 1.69. The lowest BCUT2D eigenvalue weighted by atomic mass is 9.90. The second-order valence-electron chi connectivity index (χ2n) is 6.15. The van der Waals surface area contributed by atoms with Crippen molar-refractivity contribution in [3.63, 3.8) is 0 Å². The van der Waals surface area contributed by atoms with Gasteiger partial charge < -0.3 is 20.1 Å². The summed E-state index contributed by atoms with van der Waals surface area (Å²) in [4.78, 5) is 12.0. The number of rotatable bonds is 7. The zero-order valence-corrected chi connectivity index (χ0v) is 14.2. The van der Waals surface area contributed by atoms with Gasteiger partial charge in [0, 0.05) is 25.9 Å². The molecule has 0 spiro atoms. The minimum Gasteiger partial charge on any atom is -0.381 e. The van der Waals surface area contributed by atoms with Crippen LogP contribution in [0, 0.1) is 5.92 Å². The Kier molecular flexibility index (Phi) is 6.10. The first kappa shape index (κ1) is 17.1. The van der Waals surface area contributed by atoms with Crippen LogP contribution in [0.1, 0.15) is 36.7 Å². The molecule has 22 heavy (non-hydrogen) atoms. The molecule has 2 N–H and O–H groups in total. The lowest BCUT2D eigenvalue weighted by Gasteiger charge is -2.28.